The summed E-state index contributed by atoms with van der Waals surface area (Å²) in [6, 6.07) is 10.3. The highest BCUT2D eigenvalue weighted by Gasteiger charge is 2.36. The molecule has 0 radical (unpaired) electrons. The van der Waals surface area contributed by atoms with Gasteiger partial charge in [0.1, 0.15) is 0 Å². The molecule has 5 rings (SSSR count). The number of anilines is 1. The number of nitrogens with zero attached hydrogens (tertiary/aromatic N) is 5. The van der Waals surface area contributed by atoms with E-state index in [-0.39, 0.29) is 29.3 Å². The fourth-order valence-electron chi connectivity index (χ4n) is 3.86. The number of hydrogen-bond acceptors (Lipinski definition) is 5. The monoisotopic (exact) mass is 564 g/mol. The van der Waals surface area contributed by atoms with Crippen molar-refractivity contribution in [2.24, 2.45) is 0 Å². The first-order valence-electron chi connectivity index (χ1n) is 11.5. The van der Waals surface area contributed by atoms with Crippen molar-refractivity contribution in [3.63, 3.8) is 0 Å². The summed E-state index contributed by atoms with van der Waals surface area (Å²) >= 11 is 1.33. The lowest BCUT2D eigenvalue weighted by atomic mass is 10.1. The summed E-state index contributed by atoms with van der Waals surface area (Å²) in [4.78, 5) is 18.6. The second-order valence-electron chi connectivity index (χ2n) is 8.52. The maximum absolute atomic E-state index is 13.9. The van der Waals surface area contributed by atoms with Crippen LogP contribution in [0.5, 0.6) is 0 Å². The number of rotatable bonds is 6. The van der Waals surface area contributed by atoms with Crippen molar-refractivity contribution in [1.29, 1.82) is 0 Å². The smallest absolute Gasteiger partial charge is 0.318 e. The van der Waals surface area contributed by atoms with E-state index in [4.69, 9.17) is 0 Å². The molecule has 0 aliphatic heterocycles. The Bertz CT molecular complexity index is 1670. The minimum Gasteiger partial charge on any atom is -0.318 e. The first kappa shape index (κ1) is 26.4. The van der Waals surface area contributed by atoms with Gasteiger partial charge in [0, 0.05) is 17.1 Å². The van der Waals surface area contributed by atoms with Gasteiger partial charge in [0.15, 0.2) is 17.0 Å². The Morgan fingerprint density at radius 3 is 2.51 bits per heavy atom. The molecule has 0 atom stereocenters. The molecule has 0 saturated heterocycles. The average molecular weight is 565 g/mol. The molecule has 0 bridgehead atoms. The van der Waals surface area contributed by atoms with Crippen LogP contribution in [-0.4, -0.2) is 30.3 Å². The molecule has 1 aromatic carbocycles. The predicted molar refractivity (Wildman–Crippen MR) is 131 cm³/mol. The van der Waals surface area contributed by atoms with Crippen molar-refractivity contribution >= 4 is 28.6 Å². The Hall–Kier alpha value is -4.20. The maximum atomic E-state index is 13.9. The van der Waals surface area contributed by atoms with Crippen LogP contribution in [0, 0.1) is 0 Å². The fraction of sp³-hybridized carbons (Fsp3) is 0.200. The van der Waals surface area contributed by atoms with Crippen LogP contribution in [-0.2, 0) is 25.3 Å². The van der Waals surface area contributed by atoms with Gasteiger partial charge >= 0.3 is 12.4 Å². The molecule has 0 aliphatic carbocycles. The molecule has 7 nitrogen and oxygen atoms in total. The largest absolute Gasteiger partial charge is 0.433 e. The van der Waals surface area contributed by atoms with Gasteiger partial charge in [-0.15, -0.1) is 11.3 Å². The molecule has 202 valence electrons. The van der Waals surface area contributed by atoms with E-state index in [1.807, 2.05) is 13.0 Å². The molecule has 0 aliphatic rings. The number of hydrogen-bond donors (Lipinski definition) is 1. The second kappa shape index (κ2) is 9.84. The number of amides is 1. The van der Waals surface area contributed by atoms with Crippen LogP contribution in [0.25, 0.3) is 16.2 Å². The molecule has 0 spiro atoms. The minimum absolute atomic E-state index is 0.00173. The van der Waals surface area contributed by atoms with Gasteiger partial charge in [0.25, 0.3) is 5.91 Å². The number of carbonyl (C=O) groups excluding carboxylic acids is 1. The number of aromatic nitrogens is 5. The second-order valence-corrected chi connectivity index (χ2v) is 9.69. The number of nitrogens with one attached hydrogen (secondary N) is 1. The molecule has 0 fully saturated rings. The third kappa shape index (κ3) is 5.65. The lowest BCUT2D eigenvalue weighted by Gasteiger charge is -2.10. The third-order valence-corrected chi connectivity index (χ3v) is 6.95. The van der Waals surface area contributed by atoms with Gasteiger partial charge in [-0.1, -0.05) is 19.1 Å². The average Bonchev–Trinajstić information content (AvgIpc) is 3.62. The molecular weight excluding hydrogens is 546 g/mol. The number of alkyl halides is 6. The van der Waals surface area contributed by atoms with Gasteiger partial charge in [-0.2, -0.15) is 36.5 Å². The molecule has 0 unspecified atom stereocenters. The zero-order chi connectivity index (χ0) is 27.9. The number of carbonyl (C=O) groups is 1. The summed E-state index contributed by atoms with van der Waals surface area (Å²) in [5, 5.41) is 10.4. The molecule has 1 N–H and O–H groups in total. The van der Waals surface area contributed by atoms with Gasteiger partial charge in [0.05, 0.1) is 34.6 Å². The number of aryl methyl sites for hydroxylation is 1. The number of thiophene rings is 1. The standard InChI is InChI=1S/C25H18F6N6OS/c1-2-17-6-7-20(39-17)18-9-21(25(29,30)31)37-22(34-18)10-19(35-37)23(38)33-16-11-32-36(13-16)12-14-4-3-5-15(8-14)24(26,27)28/h3-11,13H,2,12H2,1H3,(H,33,38). The van der Waals surface area contributed by atoms with E-state index in [1.54, 1.807) is 6.07 Å². The van der Waals surface area contributed by atoms with Crippen LogP contribution in [0.15, 0.2) is 60.9 Å². The minimum atomic E-state index is -4.76. The Kier molecular flexibility index (Phi) is 6.66. The van der Waals surface area contributed by atoms with Gasteiger partial charge in [-0.05, 0) is 42.3 Å². The molecule has 4 heterocycles. The highest BCUT2D eigenvalue weighted by Crippen LogP contribution is 2.34. The SMILES string of the molecule is CCc1ccc(-c2cc(C(F)(F)F)n3nc(C(=O)Nc4cnn(Cc5cccc(C(F)(F)F)c5)c4)cc3n2)s1. The van der Waals surface area contributed by atoms with Crippen LogP contribution < -0.4 is 5.32 Å². The van der Waals surface area contributed by atoms with E-state index < -0.39 is 29.5 Å². The molecule has 0 saturated carbocycles. The van der Waals surface area contributed by atoms with Crippen molar-refractivity contribution in [3.05, 3.63) is 88.3 Å². The highest BCUT2D eigenvalue weighted by molar-refractivity contribution is 7.15. The quantitative estimate of drug-likeness (QED) is 0.237. The van der Waals surface area contributed by atoms with Crippen molar-refractivity contribution in [3.8, 4) is 10.6 Å². The van der Waals surface area contributed by atoms with Crippen LogP contribution in [0.4, 0.5) is 32.0 Å². The normalized spacial score (nSPS) is 12.3. The molecule has 39 heavy (non-hydrogen) atoms. The third-order valence-electron chi connectivity index (χ3n) is 5.70. The van der Waals surface area contributed by atoms with Crippen molar-refractivity contribution < 1.29 is 31.1 Å². The number of fused-ring (bicyclic) bond motifs is 1. The van der Waals surface area contributed by atoms with Crippen molar-refractivity contribution in [2.45, 2.75) is 32.2 Å². The lowest BCUT2D eigenvalue weighted by Crippen LogP contribution is -2.15. The predicted octanol–water partition coefficient (Wildman–Crippen LogP) is 6.55. The Morgan fingerprint density at radius 2 is 1.82 bits per heavy atom. The highest BCUT2D eigenvalue weighted by atomic mass is 32.1. The number of benzene rings is 1. The molecular formula is C25H18F6N6OS. The zero-order valence-electron chi connectivity index (χ0n) is 20.0. The molecule has 5 aromatic rings. The summed E-state index contributed by atoms with van der Waals surface area (Å²) in [5.41, 5.74) is -1.71. The van der Waals surface area contributed by atoms with Crippen LogP contribution in [0.2, 0.25) is 0 Å². The topological polar surface area (TPSA) is 77.1 Å². The van der Waals surface area contributed by atoms with Crippen molar-refractivity contribution in [1.82, 2.24) is 24.4 Å². The first-order chi connectivity index (χ1) is 18.4. The first-order valence-corrected chi connectivity index (χ1v) is 12.3. The summed E-state index contributed by atoms with van der Waals surface area (Å²) in [6.07, 6.45) is -5.87. The van der Waals surface area contributed by atoms with E-state index >= 15 is 0 Å². The van der Waals surface area contributed by atoms with E-state index in [1.165, 1.54) is 40.5 Å². The fourth-order valence-corrected chi connectivity index (χ4v) is 4.77. The van der Waals surface area contributed by atoms with Gasteiger partial charge in [-0.3, -0.25) is 9.48 Å². The zero-order valence-corrected chi connectivity index (χ0v) is 20.8. The van der Waals surface area contributed by atoms with Crippen LogP contribution in [0.3, 0.4) is 0 Å². The molecule has 1 amide bonds. The molecule has 4 aromatic heterocycles. The lowest BCUT2D eigenvalue weighted by molar-refractivity contribution is -0.142. The Morgan fingerprint density at radius 1 is 1.03 bits per heavy atom. The van der Waals surface area contributed by atoms with Gasteiger partial charge < -0.3 is 5.32 Å². The maximum Gasteiger partial charge on any atom is 0.433 e. The number of halogens is 6. The van der Waals surface area contributed by atoms with Crippen molar-refractivity contribution in [2.75, 3.05) is 5.32 Å². The Balaban J connectivity index is 1.38. The van der Waals surface area contributed by atoms with Crippen LogP contribution >= 0.6 is 11.3 Å². The van der Waals surface area contributed by atoms with E-state index in [0.717, 1.165) is 35.6 Å². The van der Waals surface area contributed by atoms with E-state index in [9.17, 15) is 31.1 Å². The van der Waals surface area contributed by atoms with Crippen LogP contribution in [0.1, 0.15) is 39.1 Å². The van der Waals surface area contributed by atoms with Gasteiger partial charge in [-0.25, -0.2) is 9.50 Å². The Labute approximate surface area is 220 Å². The summed E-state index contributed by atoms with van der Waals surface area (Å²) in [6.45, 7) is 1.93. The molecule has 14 heteroatoms. The summed E-state index contributed by atoms with van der Waals surface area (Å²) in [5.74, 6) is -0.807. The summed E-state index contributed by atoms with van der Waals surface area (Å²) in [7, 11) is 0. The van der Waals surface area contributed by atoms with E-state index in [2.05, 4.69) is 20.5 Å². The van der Waals surface area contributed by atoms with E-state index in [0.29, 0.717) is 15.0 Å². The summed E-state index contributed by atoms with van der Waals surface area (Å²) < 4.78 is 82.3. The van der Waals surface area contributed by atoms with Gasteiger partial charge in [0.2, 0.25) is 0 Å².